The highest BCUT2D eigenvalue weighted by Crippen LogP contribution is 2.23. The summed E-state index contributed by atoms with van der Waals surface area (Å²) >= 11 is 0. The molecule has 2 saturated heterocycles. The summed E-state index contributed by atoms with van der Waals surface area (Å²) in [5, 5.41) is 5.36. The molecule has 1 aromatic rings. The van der Waals surface area contributed by atoms with Crippen molar-refractivity contribution in [3.8, 4) is 0 Å². The molecule has 2 aliphatic rings. The van der Waals surface area contributed by atoms with Crippen molar-refractivity contribution in [2.75, 3.05) is 19.6 Å². The Morgan fingerprint density at radius 2 is 1.81 bits per heavy atom. The molecule has 12 nitrogen and oxygen atoms in total. The van der Waals surface area contributed by atoms with E-state index in [1.165, 1.54) is 9.80 Å². The number of nitrogens with zero attached hydrogens (tertiary/aromatic N) is 2. The molecule has 2 fully saturated rings. The second-order valence-electron chi connectivity index (χ2n) is 9.86. The Balaban J connectivity index is 1.63. The molecule has 0 spiro atoms. The number of rotatable bonds is 7. The van der Waals surface area contributed by atoms with Crippen LogP contribution >= 0.6 is 0 Å². The van der Waals surface area contributed by atoms with Crippen LogP contribution in [0.3, 0.4) is 0 Å². The zero-order valence-electron chi connectivity index (χ0n) is 20.7. The van der Waals surface area contributed by atoms with Crippen LogP contribution in [0, 0.1) is 0 Å². The van der Waals surface area contributed by atoms with Gasteiger partial charge >= 0.3 is 12.2 Å². The number of nitrogens with two attached hydrogens (primary N) is 1. The second-order valence-corrected chi connectivity index (χ2v) is 9.86. The molecule has 36 heavy (non-hydrogen) atoms. The molecule has 196 valence electrons. The zero-order valence-corrected chi connectivity index (χ0v) is 20.7. The first-order valence-corrected chi connectivity index (χ1v) is 11.8. The maximum Gasteiger partial charge on any atom is 0.411 e. The number of nitrogens with one attached hydrogen (secondary N) is 2. The van der Waals surface area contributed by atoms with Crippen LogP contribution in [0.25, 0.3) is 0 Å². The molecule has 1 aromatic carbocycles. The normalized spacial score (nSPS) is 21.8. The summed E-state index contributed by atoms with van der Waals surface area (Å²) in [5.74, 6) is -1.61. The standard InChI is InChI=1S/C24H33N5O7/c1-24(2,3)36-23(34)29-12-16(26-22(33)35-14-15-7-5-4-6-8-15)11-18(29)20(31)27-17-9-10-28(21(17)32)13-19(25)30/h4-8,16-18H,9-14H2,1-3H3,(H2,25,30)(H,26,33)(H,27,31)/t16-,17-,18+/m1/s1. The molecule has 0 aromatic heterocycles. The Morgan fingerprint density at radius 1 is 1.11 bits per heavy atom. The first kappa shape index (κ1) is 26.8. The lowest BCUT2D eigenvalue weighted by molar-refractivity contribution is -0.135. The van der Waals surface area contributed by atoms with Gasteiger partial charge in [-0.1, -0.05) is 30.3 Å². The summed E-state index contributed by atoms with van der Waals surface area (Å²) in [4.78, 5) is 64.5. The van der Waals surface area contributed by atoms with E-state index < -0.39 is 53.6 Å². The van der Waals surface area contributed by atoms with Crippen molar-refractivity contribution in [3.05, 3.63) is 35.9 Å². The molecule has 4 N–H and O–H groups in total. The van der Waals surface area contributed by atoms with Crippen molar-refractivity contribution in [2.24, 2.45) is 5.73 Å². The average molecular weight is 504 g/mol. The third-order valence-electron chi connectivity index (χ3n) is 5.73. The molecule has 2 aliphatic heterocycles. The summed E-state index contributed by atoms with van der Waals surface area (Å²) in [5.41, 5.74) is 5.19. The zero-order chi connectivity index (χ0) is 26.5. The van der Waals surface area contributed by atoms with Crippen LogP contribution in [0.4, 0.5) is 9.59 Å². The molecule has 3 atom stereocenters. The lowest BCUT2D eigenvalue weighted by Gasteiger charge is -2.28. The van der Waals surface area contributed by atoms with Gasteiger partial charge < -0.3 is 30.7 Å². The van der Waals surface area contributed by atoms with Gasteiger partial charge in [-0.15, -0.1) is 0 Å². The van der Waals surface area contributed by atoms with Crippen LogP contribution in [0.2, 0.25) is 0 Å². The number of likely N-dealkylation sites (tertiary alicyclic amines) is 2. The Labute approximate surface area is 209 Å². The van der Waals surface area contributed by atoms with Crippen LogP contribution in [-0.4, -0.2) is 83.1 Å². The second kappa shape index (κ2) is 11.3. The van der Waals surface area contributed by atoms with Gasteiger partial charge in [0.1, 0.15) is 24.3 Å². The minimum atomic E-state index is -0.975. The fraction of sp³-hybridized carbons (Fsp3) is 0.542. The van der Waals surface area contributed by atoms with Crippen LogP contribution in [0.1, 0.15) is 39.2 Å². The third-order valence-corrected chi connectivity index (χ3v) is 5.73. The molecule has 0 saturated carbocycles. The Hall–Kier alpha value is -3.83. The maximum absolute atomic E-state index is 13.1. The molecule has 0 bridgehead atoms. The van der Waals surface area contributed by atoms with E-state index in [1.807, 2.05) is 30.3 Å². The number of hydrogen-bond donors (Lipinski definition) is 3. The van der Waals surface area contributed by atoms with E-state index in [-0.39, 0.29) is 32.7 Å². The van der Waals surface area contributed by atoms with Gasteiger partial charge in [-0.25, -0.2) is 9.59 Å². The number of carbonyl (C=O) groups excluding carboxylic acids is 5. The molecular weight excluding hydrogens is 470 g/mol. The van der Waals surface area contributed by atoms with Gasteiger partial charge in [0.2, 0.25) is 17.7 Å². The highest BCUT2D eigenvalue weighted by molar-refractivity contribution is 5.94. The van der Waals surface area contributed by atoms with Gasteiger partial charge in [-0.05, 0) is 39.2 Å². The van der Waals surface area contributed by atoms with Crippen molar-refractivity contribution in [2.45, 2.75) is 63.9 Å². The maximum atomic E-state index is 13.1. The van der Waals surface area contributed by atoms with Gasteiger partial charge in [0.25, 0.3) is 0 Å². The van der Waals surface area contributed by atoms with Crippen molar-refractivity contribution < 1.29 is 33.4 Å². The summed E-state index contributed by atoms with van der Waals surface area (Å²) < 4.78 is 10.7. The predicted octanol–water partition coefficient (Wildman–Crippen LogP) is 0.493. The highest BCUT2D eigenvalue weighted by Gasteiger charge is 2.44. The Kier molecular flexibility index (Phi) is 8.38. The number of benzene rings is 1. The van der Waals surface area contributed by atoms with Gasteiger partial charge in [-0.3, -0.25) is 19.3 Å². The van der Waals surface area contributed by atoms with Crippen LogP contribution in [-0.2, 0) is 30.5 Å². The molecule has 5 amide bonds. The molecular formula is C24H33N5O7. The smallest absolute Gasteiger partial charge is 0.411 e. The van der Waals surface area contributed by atoms with E-state index in [9.17, 15) is 24.0 Å². The number of primary amides is 1. The number of alkyl carbamates (subject to hydrolysis) is 1. The predicted molar refractivity (Wildman–Crippen MR) is 127 cm³/mol. The molecule has 0 aliphatic carbocycles. The SMILES string of the molecule is CC(C)(C)OC(=O)N1C[C@H](NC(=O)OCc2ccccc2)C[C@H]1C(=O)N[C@@H]1CCN(CC(N)=O)C1=O. The van der Waals surface area contributed by atoms with E-state index in [0.717, 1.165) is 5.56 Å². The Bertz CT molecular complexity index is 994. The molecule has 2 heterocycles. The van der Waals surface area contributed by atoms with Crippen LogP contribution in [0.15, 0.2) is 30.3 Å². The van der Waals surface area contributed by atoms with E-state index in [1.54, 1.807) is 20.8 Å². The van der Waals surface area contributed by atoms with E-state index in [0.29, 0.717) is 6.42 Å². The van der Waals surface area contributed by atoms with Gasteiger partial charge in [-0.2, -0.15) is 0 Å². The minimum absolute atomic E-state index is 0.0276. The van der Waals surface area contributed by atoms with Crippen LogP contribution in [0.5, 0.6) is 0 Å². The summed E-state index contributed by atoms with van der Waals surface area (Å²) in [6.45, 7) is 5.27. The highest BCUT2D eigenvalue weighted by atomic mass is 16.6. The quantitative estimate of drug-likeness (QED) is 0.488. The van der Waals surface area contributed by atoms with Crippen LogP contribution < -0.4 is 16.4 Å². The van der Waals surface area contributed by atoms with Crippen molar-refractivity contribution in [3.63, 3.8) is 0 Å². The fourth-order valence-corrected chi connectivity index (χ4v) is 4.13. The van der Waals surface area contributed by atoms with Gasteiger partial charge in [0.15, 0.2) is 0 Å². The molecule has 12 heteroatoms. The lowest BCUT2D eigenvalue weighted by atomic mass is 10.1. The molecule has 0 radical (unpaired) electrons. The first-order chi connectivity index (χ1) is 16.9. The molecule has 3 rings (SSSR count). The van der Waals surface area contributed by atoms with Crippen molar-refractivity contribution in [1.82, 2.24) is 20.4 Å². The Morgan fingerprint density at radius 3 is 2.44 bits per heavy atom. The fourth-order valence-electron chi connectivity index (χ4n) is 4.13. The minimum Gasteiger partial charge on any atom is -0.445 e. The van der Waals surface area contributed by atoms with Gasteiger partial charge in [0, 0.05) is 13.1 Å². The lowest BCUT2D eigenvalue weighted by Crippen LogP contribution is -2.51. The number of amides is 5. The van der Waals surface area contributed by atoms with Crippen molar-refractivity contribution >= 4 is 29.9 Å². The number of hydrogen-bond acceptors (Lipinski definition) is 7. The van der Waals surface area contributed by atoms with E-state index >= 15 is 0 Å². The number of ether oxygens (including phenoxy) is 2. The number of carbonyl (C=O) groups is 5. The monoisotopic (exact) mass is 503 g/mol. The summed E-state index contributed by atoms with van der Waals surface area (Å²) in [7, 11) is 0. The molecule has 0 unspecified atom stereocenters. The summed E-state index contributed by atoms with van der Waals surface area (Å²) in [6.07, 6.45) is -0.970. The topological polar surface area (TPSA) is 160 Å². The average Bonchev–Trinajstić information content (AvgIpc) is 3.36. The first-order valence-electron chi connectivity index (χ1n) is 11.8. The summed E-state index contributed by atoms with van der Waals surface area (Å²) in [6, 6.07) is 6.78. The largest absolute Gasteiger partial charge is 0.445 e. The van der Waals surface area contributed by atoms with Crippen molar-refractivity contribution in [1.29, 1.82) is 0 Å². The van der Waals surface area contributed by atoms with E-state index in [4.69, 9.17) is 15.2 Å². The van der Waals surface area contributed by atoms with Gasteiger partial charge in [0.05, 0.1) is 12.6 Å². The third kappa shape index (κ3) is 7.33. The van der Waals surface area contributed by atoms with E-state index in [2.05, 4.69) is 10.6 Å².